The largest absolute Gasteiger partial charge is 0.372 e. The summed E-state index contributed by atoms with van der Waals surface area (Å²) in [7, 11) is 1.41. The van der Waals surface area contributed by atoms with Crippen LogP contribution in [0.25, 0.3) is 0 Å². The quantitative estimate of drug-likeness (QED) is 0.704. The number of rotatable bonds is 4. The molecule has 0 aliphatic carbocycles. The summed E-state index contributed by atoms with van der Waals surface area (Å²) >= 11 is 0. The first kappa shape index (κ1) is 11.8. The van der Waals surface area contributed by atoms with Crippen LogP contribution in [0.15, 0.2) is 18.2 Å². The first-order valence-corrected chi connectivity index (χ1v) is 5.35. The van der Waals surface area contributed by atoms with Gasteiger partial charge in [-0.3, -0.25) is 0 Å². The van der Waals surface area contributed by atoms with Crippen molar-refractivity contribution in [3.05, 3.63) is 23.8 Å². The van der Waals surface area contributed by atoms with Gasteiger partial charge < -0.3 is 4.90 Å². The highest BCUT2D eigenvalue weighted by molar-refractivity contribution is 5.62. The number of nitrogens with zero attached hydrogens (tertiary/aromatic N) is 2. The maximum Gasteiger partial charge on any atom is 0.0705 e. The van der Waals surface area contributed by atoms with Gasteiger partial charge >= 0.3 is 0 Å². The number of benzene rings is 1. The first-order valence-electron chi connectivity index (χ1n) is 5.35. The monoisotopic (exact) mass is 210 g/mol. The van der Waals surface area contributed by atoms with E-state index in [4.69, 9.17) is 0 Å². The fourth-order valence-electron chi connectivity index (χ4n) is 1.69. The molecule has 84 valence electrons. The lowest BCUT2D eigenvalue weighted by Gasteiger charge is -2.24. The van der Waals surface area contributed by atoms with Crippen LogP contribution in [-0.4, -0.2) is 20.1 Å². The van der Waals surface area contributed by atoms with E-state index in [1.165, 1.54) is 12.6 Å². The van der Waals surface area contributed by atoms with Gasteiger partial charge in [-0.15, -0.1) is 4.48 Å². The van der Waals surface area contributed by atoms with E-state index in [-0.39, 0.29) is 0 Å². The third kappa shape index (κ3) is 2.61. The Balaban J connectivity index is 3.09. The SMILES string of the molecule is CCN(CC)c1cc(N(C)F)ccc1C. The Hall–Kier alpha value is -1.25. The fourth-order valence-corrected chi connectivity index (χ4v) is 1.69. The van der Waals surface area contributed by atoms with E-state index in [0.29, 0.717) is 10.8 Å². The van der Waals surface area contributed by atoms with Crippen molar-refractivity contribution in [3.63, 3.8) is 0 Å². The molecule has 0 N–H and O–H groups in total. The van der Waals surface area contributed by atoms with E-state index in [9.17, 15) is 4.48 Å². The van der Waals surface area contributed by atoms with Gasteiger partial charge in [0.1, 0.15) is 0 Å². The molecule has 0 spiro atoms. The van der Waals surface area contributed by atoms with Gasteiger partial charge in [0.2, 0.25) is 0 Å². The van der Waals surface area contributed by atoms with E-state index < -0.39 is 0 Å². The number of hydrogen-bond donors (Lipinski definition) is 0. The van der Waals surface area contributed by atoms with Gasteiger partial charge in [0.05, 0.1) is 5.69 Å². The van der Waals surface area contributed by atoms with Gasteiger partial charge in [0.25, 0.3) is 0 Å². The van der Waals surface area contributed by atoms with Crippen LogP contribution < -0.4 is 10.0 Å². The molecule has 1 aromatic carbocycles. The molecule has 0 aromatic heterocycles. The van der Waals surface area contributed by atoms with E-state index in [1.807, 2.05) is 12.1 Å². The number of halogens is 1. The molecule has 1 rings (SSSR count). The maximum absolute atomic E-state index is 13.0. The number of anilines is 2. The summed E-state index contributed by atoms with van der Waals surface area (Å²) in [6, 6.07) is 5.64. The summed E-state index contributed by atoms with van der Waals surface area (Å²) in [4.78, 5) is 2.22. The van der Waals surface area contributed by atoms with Crippen molar-refractivity contribution < 1.29 is 4.48 Å². The average molecular weight is 210 g/mol. The predicted octanol–water partition coefficient (Wildman–Crippen LogP) is 3.16. The van der Waals surface area contributed by atoms with Gasteiger partial charge in [-0.25, -0.2) is 5.12 Å². The van der Waals surface area contributed by atoms with Gasteiger partial charge in [-0.1, -0.05) is 6.07 Å². The molecule has 0 atom stereocenters. The standard InChI is InChI=1S/C12H19FN2/c1-5-15(6-2)12-9-11(14(4)13)8-7-10(12)3/h7-9H,5-6H2,1-4H3. The smallest absolute Gasteiger partial charge is 0.0705 e. The van der Waals surface area contributed by atoms with Gasteiger partial charge in [-0.05, 0) is 38.5 Å². The minimum atomic E-state index is 0.600. The van der Waals surface area contributed by atoms with E-state index >= 15 is 0 Å². The fraction of sp³-hybridized carbons (Fsp3) is 0.500. The zero-order valence-corrected chi connectivity index (χ0v) is 9.92. The Morgan fingerprint density at radius 1 is 1.20 bits per heavy atom. The molecule has 1 aromatic rings. The second-order valence-corrected chi connectivity index (χ2v) is 3.62. The van der Waals surface area contributed by atoms with E-state index in [1.54, 1.807) is 6.07 Å². The van der Waals surface area contributed by atoms with Crippen molar-refractivity contribution in [3.8, 4) is 0 Å². The molecule has 0 aliphatic rings. The minimum Gasteiger partial charge on any atom is -0.372 e. The second-order valence-electron chi connectivity index (χ2n) is 3.62. The topological polar surface area (TPSA) is 6.48 Å². The molecule has 0 fully saturated rings. The lowest BCUT2D eigenvalue weighted by Crippen LogP contribution is -2.23. The summed E-state index contributed by atoms with van der Waals surface area (Å²) < 4.78 is 13.0. The molecule has 0 amide bonds. The van der Waals surface area contributed by atoms with Crippen LogP contribution in [0.5, 0.6) is 0 Å². The van der Waals surface area contributed by atoms with Gasteiger partial charge in [0.15, 0.2) is 0 Å². The van der Waals surface area contributed by atoms with Crippen molar-refractivity contribution >= 4 is 11.4 Å². The zero-order valence-electron chi connectivity index (χ0n) is 9.92. The molecular formula is C12H19FN2. The van der Waals surface area contributed by atoms with Crippen LogP contribution in [0.3, 0.4) is 0 Å². The molecule has 0 aliphatic heterocycles. The first-order chi connectivity index (χ1) is 7.10. The Labute approximate surface area is 91.2 Å². The van der Waals surface area contributed by atoms with Crippen LogP contribution in [0, 0.1) is 6.92 Å². The van der Waals surface area contributed by atoms with Crippen LogP contribution in [0.1, 0.15) is 19.4 Å². The Morgan fingerprint density at radius 2 is 1.80 bits per heavy atom. The minimum absolute atomic E-state index is 0.600. The van der Waals surface area contributed by atoms with E-state index in [0.717, 1.165) is 18.8 Å². The van der Waals surface area contributed by atoms with Crippen molar-refractivity contribution in [2.45, 2.75) is 20.8 Å². The highest BCUT2D eigenvalue weighted by Gasteiger charge is 2.08. The van der Waals surface area contributed by atoms with E-state index in [2.05, 4.69) is 25.7 Å². The summed E-state index contributed by atoms with van der Waals surface area (Å²) in [5, 5.41) is 0.645. The molecule has 0 bridgehead atoms. The highest BCUT2D eigenvalue weighted by Crippen LogP contribution is 2.25. The van der Waals surface area contributed by atoms with Crippen LogP contribution >= 0.6 is 0 Å². The molecule has 15 heavy (non-hydrogen) atoms. The Morgan fingerprint density at radius 3 is 2.27 bits per heavy atom. The summed E-state index contributed by atoms with van der Waals surface area (Å²) in [5.74, 6) is 0. The van der Waals surface area contributed by atoms with Crippen molar-refractivity contribution in [2.75, 3.05) is 30.2 Å². The zero-order chi connectivity index (χ0) is 11.4. The summed E-state index contributed by atoms with van der Waals surface area (Å²) in [6.45, 7) is 8.15. The lowest BCUT2D eigenvalue weighted by molar-refractivity contribution is 0.476. The van der Waals surface area contributed by atoms with Crippen molar-refractivity contribution in [1.29, 1.82) is 0 Å². The van der Waals surface area contributed by atoms with Crippen LogP contribution in [0.4, 0.5) is 15.9 Å². The Bertz CT molecular complexity index is 319. The molecule has 0 saturated carbocycles. The van der Waals surface area contributed by atoms with Crippen LogP contribution in [-0.2, 0) is 0 Å². The number of hydrogen-bond acceptors (Lipinski definition) is 2. The molecular weight excluding hydrogens is 191 g/mol. The molecule has 3 heteroatoms. The molecule has 0 heterocycles. The molecule has 0 radical (unpaired) electrons. The van der Waals surface area contributed by atoms with Crippen LogP contribution in [0.2, 0.25) is 0 Å². The molecule has 0 unspecified atom stereocenters. The molecule has 0 saturated heterocycles. The van der Waals surface area contributed by atoms with Gasteiger partial charge in [-0.2, -0.15) is 0 Å². The number of aryl methyl sites for hydroxylation is 1. The van der Waals surface area contributed by atoms with Gasteiger partial charge in [0, 0.05) is 25.8 Å². The maximum atomic E-state index is 13.0. The lowest BCUT2D eigenvalue weighted by atomic mass is 10.1. The summed E-state index contributed by atoms with van der Waals surface area (Å²) in [6.07, 6.45) is 0. The third-order valence-corrected chi connectivity index (χ3v) is 2.65. The summed E-state index contributed by atoms with van der Waals surface area (Å²) in [5.41, 5.74) is 2.90. The predicted molar refractivity (Wildman–Crippen MR) is 64.3 cm³/mol. The van der Waals surface area contributed by atoms with Crippen molar-refractivity contribution in [1.82, 2.24) is 0 Å². The molecule has 2 nitrogen and oxygen atoms in total. The highest BCUT2D eigenvalue weighted by atomic mass is 19.2. The average Bonchev–Trinajstić information content (AvgIpc) is 2.22. The Kier molecular flexibility index (Phi) is 3.95. The second kappa shape index (κ2) is 5.01. The normalized spacial score (nSPS) is 10.2. The third-order valence-electron chi connectivity index (χ3n) is 2.65. The van der Waals surface area contributed by atoms with Crippen molar-refractivity contribution in [2.24, 2.45) is 0 Å².